The van der Waals surface area contributed by atoms with Crippen molar-refractivity contribution in [2.45, 2.75) is 26.0 Å². The van der Waals surface area contributed by atoms with Crippen molar-refractivity contribution in [2.24, 2.45) is 0 Å². The van der Waals surface area contributed by atoms with E-state index in [0.717, 1.165) is 0 Å². The summed E-state index contributed by atoms with van der Waals surface area (Å²) in [5.41, 5.74) is 0.465. The summed E-state index contributed by atoms with van der Waals surface area (Å²) in [7, 11) is 0. The lowest BCUT2D eigenvalue weighted by molar-refractivity contribution is 0.187. The largest absolute Gasteiger partial charge is 0.505 e. The van der Waals surface area contributed by atoms with E-state index in [9.17, 15) is 9.50 Å². The Morgan fingerprint density at radius 2 is 2.06 bits per heavy atom. The van der Waals surface area contributed by atoms with Crippen LogP contribution in [0.5, 0.6) is 5.75 Å². The molecule has 0 aromatic heterocycles. The highest BCUT2D eigenvalue weighted by Crippen LogP contribution is 2.30. The van der Waals surface area contributed by atoms with E-state index in [0.29, 0.717) is 16.6 Å². The Balaban J connectivity index is 2.86. The third kappa shape index (κ3) is 3.43. The summed E-state index contributed by atoms with van der Waals surface area (Å²) < 4.78 is 13.8. The van der Waals surface area contributed by atoms with Crippen LogP contribution in [0.15, 0.2) is 16.6 Å². The van der Waals surface area contributed by atoms with Gasteiger partial charge in [0.2, 0.25) is 0 Å². The average Bonchev–Trinajstić information content (AvgIpc) is 2.19. The molecule has 1 unspecified atom stereocenters. The number of aromatic hydroxyl groups is 1. The minimum Gasteiger partial charge on any atom is -0.505 e. The zero-order valence-corrected chi connectivity index (χ0v) is 10.8. The second-order valence-corrected chi connectivity index (χ2v) is 4.72. The van der Waals surface area contributed by atoms with Gasteiger partial charge in [-0.1, -0.05) is 15.9 Å². The number of halogens is 2. The molecule has 0 amide bonds. The molecule has 0 spiro atoms. The molecule has 1 aromatic rings. The summed E-state index contributed by atoms with van der Waals surface area (Å²) >= 11 is 3.17. The van der Waals surface area contributed by atoms with Crippen LogP contribution in [0.4, 0.5) is 4.39 Å². The summed E-state index contributed by atoms with van der Waals surface area (Å²) in [5, 5.41) is 21.7. The van der Waals surface area contributed by atoms with Gasteiger partial charge in [-0.15, -0.1) is 0 Å². The Labute approximate surface area is 102 Å². The second-order valence-electron chi connectivity index (χ2n) is 3.80. The molecule has 0 aliphatic carbocycles. The van der Waals surface area contributed by atoms with Gasteiger partial charge in [-0.2, -0.15) is 0 Å². The first-order valence-corrected chi connectivity index (χ1v) is 5.80. The number of phenolic OH excluding ortho intramolecular Hbond substituents is 1. The van der Waals surface area contributed by atoms with E-state index in [1.54, 1.807) is 19.9 Å². The van der Waals surface area contributed by atoms with Crippen LogP contribution in [0.2, 0.25) is 0 Å². The van der Waals surface area contributed by atoms with Crippen molar-refractivity contribution in [1.29, 1.82) is 0 Å². The van der Waals surface area contributed by atoms with Gasteiger partial charge < -0.3 is 15.5 Å². The van der Waals surface area contributed by atoms with Gasteiger partial charge in [-0.25, -0.2) is 4.39 Å². The molecule has 0 saturated heterocycles. The quantitative estimate of drug-likeness (QED) is 0.798. The van der Waals surface area contributed by atoms with Gasteiger partial charge >= 0.3 is 0 Å². The Morgan fingerprint density at radius 3 is 2.62 bits per heavy atom. The number of rotatable bonds is 4. The lowest BCUT2D eigenvalue weighted by atomic mass is 10.1. The smallest absolute Gasteiger partial charge is 0.166 e. The van der Waals surface area contributed by atoms with E-state index in [1.807, 2.05) is 0 Å². The zero-order chi connectivity index (χ0) is 12.3. The topological polar surface area (TPSA) is 52.5 Å². The number of nitrogens with one attached hydrogen (secondary N) is 1. The van der Waals surface area contributed by atoms with Crippen LogP contribution in [0.25, 0.3) is 0 Å². The Morgan fingerprint density at radius 1 is 1.44 bits per heavy atom. The highest BCUT2D eigenvalue weighted by atomic mass is 79.9. The monoisotopic (exact) mass is 291 g/mol. The maximum absolute atomic E-state index is 13.2. The summed E-state index contributed by atoms with van der Waals surface area (Å²) in [6, 6.07) is 2.62. The fourth-order valence-electron chi connectivity index (χ4n) is 1.37. The van der Waals surface area contributed by atoms with Gasteiger partial charge in [-0.3, -0.25) is 0 Å². The van der Waals surface area contributed by atoms with Crippen LogP contribution >= 0.6 is 15.9 Å². The maximum atomic E-state index is 13.2. The van der Waals surface area contributed by atoms with E-state index in [-0.39, 0.29) is 11.8 Å². The van der Waals surface area contributed by atoms with E-state index in [2.05, 4.69) is 21.2 Å². The number of hydrogen-bond acceptors (Lipinski definition) is 3. The molecule has 0 aliphatic heterocycles. The molecule has 0 heterocycles. The van der Waals surface area contributed by atoms with Crippen LogP contribution in [0.3, 0.4) is 0 Å². The van der Waals surface area contributed by atoms with Crippen molar-refractivity contribution in [3.8, 4) is 5.75 Å². The van der Waals surface area contributed by atoms with E-state index in [4.69, 9.17) is 5.11 Å². The lowest BCUT2D eigenvalue weighted by Crippen LogP contribution is -2.27. The molecule has 1 rings (SSSR count). The molecule has 3 nitrogen and oxygen atoms in total. The van der Waals surface area contributed by atoms with Crippen molar-refractivity contribution < 1.29 is 14.6 Å². The highest BCUT2D eigenvalue weighted by molar-refractivity contribution is 9.10. The maximum Gasteiger partial charge on any atom is 0.166 e. The lowest BCUT2D eigenvalue weighted by Gasteiger charge is -2.17. The second kappa shape index (κ2) is 5.61. The van der Waals surface area contributed by atoms with Crippen LogP contribution in [-0.2, 0) is 0 Å². The predicted molar refractivity (Wildman–Crippen MR) is 63.9 cm³/mol. The fourth-order valence-corrected chi connectivity index (χ4v) is 1.82. The fraction of sp³-hybridized carbons (Fsp3) is 0.455. The molecule has 3 N–H and O–H groups in total. The molecule has 0 radical (unpaired) electrons. The standard InChI is InChI=1S/C11H15BrFNO2/c1-6(15)5-14-7(2)9-3-8(12)4-10(13)11(9)16/h3-4,6-7,14-16H,5H2,1-2H3/t6-,7?/m0/s1. The summed E-state index contributed by atoms with van der Waals surface area (Å²) in [4.78, 5) is 0. The third-order valence-corrected chi connectivity index (χ3v) is 2.70. The molecule has 90 valence electrons. The van der Waals surface area contributed by atoms with Gasteiger partial charge in [0.1, 0.15) is 0 Å². The number of aliphatic hydroxyl groups is 1. The Bertz CT molecular complexity index is 371. The highest BCUT2D eigenvalue weighted by Gasteiger charge is 2.15. The summed E-state index contributed by atoms with van der Waals surface area (Å²) in [6.07, 6.45) is -0.485. The normalized spacial score (nSPS) is 14.8. The van der Waals surface area contributed by atoms with Gasteiger partial charge in [0, 0.05) is 22.6 Å². The zero-order valence-electron chi connectivity index (χ0n) is 9.17. The number of hydrogen-bond donors (Lipinski definition) is 3. The first-order chi connectivity index (χ1) is 7.41. The SMILES string of the molecule is CC(NC[C@H](C)O)c1cc(Br)cc(F)c1O. The van der Waals surface area contributed by atoms with Crippen molar-refractivity contribution in [3.63, 3.8) is 0 Å². The van der Waals surface area contributed by atoms with Crippen molar-refractivity contribution in [2.75, 3.05) is 6.54 Å². The molecular formula is C11H15BrFNO2. The Kier molecular flexibility index (Phi) is 4.70. The third-order valence-electron chi connectivity index (χ3n) is 2.24. The minimum absolute atomic E-state index is 0.235. The van der Waals surface area contributed by atoms with Crippen LogP contribution < -0.4 is 5.32 Å². The minimum atomic E-state index is -0.657. The summed E-state index contributed by atoms with van der Waals surface area (Å²) in [5.74, 6) is -1.01. The number of phenols is 1. The molecule has 5 heteroatoms. The van der Waals surface area contributed by atoms with Crippen molar-refractivity contribution >= 4 is 15.9 Å². The van der Waals surface area contributed by atoms with E-state index >= 15 is 0 Å². The number of benzene rings is 1. The summed E-state index contributed by atoms with van der Waals surface area (Å²) in [6.45, 7) is 3.83. The van der Waals surface area contributed by atoms with E-state index < -0.39 is 11.9 Å². The number of aliphatic hydroxyl groups excluding tert-OH is 1. The Hall–Kier alpha value is -0.650. The van der Waals surface area contributed by atoms with Crippen molar-refractivity contribution in [3.05, 3.63) is 28.0 Å². The molecule has 0 bridgehead atoms. The van der Waals surface area contributed by atoms with Gasteiger partial charge in [0.15, 0.2) is 11.6 Å². The van der Waals surface area contributed by atoms with Crippen LogP contribution in [0.1, 0.15) is 25.5 Å². The first kappa shape index (κ1) is 13.4. The molecule has 0 aliphatic rings. The molecule has 0 saturated carbocycles. The molecule has 2 atom stereocenters. The van der Waals surface area contributed by atoms with E-state index in [1.165, 1.54) is 6.07 Å². The average molecular weight is 292 g/mol. The molecule has 1 aromatic carbocycles. The van der Waals surface area contributed by atoms with Gasteiger partial charge in [0.25, 0.3) is 0 Å². The molecule has 0 fully saturated rings. The van der Waals surface area contributed by atoms with Gasteiger partial charge in [-0.05, 0) is 26.0 Å². The van der Waals surface area contributed by atoms with Crippen molar-refractivity contribution in [1.82, 2.24) is 5.32 Å². The van der Waals surface area contributed by atoms with Crippen LogP contribution in [-0.4, -0.2) is 22.9 Å². The molecule has 16 heavy (non-hydrogen) atoms. The first-order valence-electron chi connectivity index (χ1n) is 5.01. The predicted octanol–water partition coefficient (Wildman–Crippen LogP) is 2.33. The van der Waals surface area contributed by atoms with Gasteiger partial charge in [0.05, 0.1) is 6.10 Å². The van der Waals surface area contributed by atoms with Crippen LogP contribution in [0, 0.1) is 5.82 Å². The molecular weight excluding hydrogens is 277 g/mol.